The van der Waals surface area contributed by atoms with Crippen LogP contribution in [-0.2, 0) is 16.6 Å². The van der Waals surface area contributed by atoms with Crippen molar-refractivity contribution in [3.8, 4) is 5.75 Å². The number of nitro groups is 1. The first-order chi connectivity index (χ1) is 13.8. The highest BCUT2D eigenvalue weighted by atomic mass is 32.2. The molecule has 0 heterocycles. The minimum Gasteiger partial charge on any atom is -0.495 e. The lowest BCUT2D eigenvalue weighted by molar-refractivity contribution is -0.385. The molecule has 0 aliphatic heterocycles. The van der Waals surface area contributed by atoms with E-state index in [1.807, 2.05) is 43.3 Å². The van der Waals surface area contributed by atoms with Gasteiger partial charge in [0.1, 0.15) is 10.6 Å². The number of hydrogen-bond acceptors (Lipinski definition) is 5. The molecule has 3 aromatic rings. The van der Waals surface area contributed by atoms with E-state index in [0.29, 0.717) is 5.69 Å². The largest absolute Gasteiger partial charge is 0.495 e. The van der Waals surface area contributed by atoms with E-state index in [1.54, 1.807) is 18.2 Å². The number of methoxy groups -OCH3 is 1. The molecule has 0 unspecified atom stereocenters. The fourth-order valence-electron chi connectivity index (χ4n) is 2.95. The Morgan fingerprint density at radius 1 is 1.00 bits per heavy atom. The molecule has 0 atom stereocenters. The Kier molecular flexibility index (Phi) is 5.84. The maximum absolute atomic E-state index is 13.6. The molecule has 3 rings (SSSR count). The molecule has 0 aliphatic rings. The van der Waals surface area contributed by atoms with Gasteiger partial charge in [0, 0.05) is 12.1 Å². The van der Waals surface area contributed by atoms with Crippen LogP contribution in [0.25, 0.3) is 0 Å². The summed E-state index contributed by atoms with van der Waals surface area (Å²) in [6.07, 6.45) is 0. The second-order valence-corrected chi connectivity index (χ2v) is 8.26. The normalized spacial score (nSPS) is 11.1. The van der Waals surface area contributed by atoms with Crippen LogP contribution in [0.4, 0.5) is 11.4 Å². The maximum atomic E-state index is 13.6. The summed E-state index contributed by atoms with van der Waals surface area (Å²) in [4.78, 5) is 10.3. The Balaban J connectivity index is 2.18. The van der Waals surface area contributed by atoms with Gasteiger partial charge in [-0.05, 0) is 36.2 Å². The first-order valence-corrected chi connectivity index (χ1v) is 10.2. The van der Waals surface area contributed by atoms with Gasteiger partial charge in [0.15, 0.2) is 0 Å². The van der Waals surface area contributed by atoms with Crippen molar-refractivity contribution < 1.29 is 18.1 Å². The first kappa shape index (κ1) is 20.3. The van der Waals surface area contributed by atoms with Crippen LogP contribution in [0.2, 0.25) is 0 Å². The number of benzene rings is 3. The molecule has 0 saturated carbocycles. The van der Waals surface area contributed by atoms with Gasteiger partial charge in [-0.25, -0.2) is 8.42 Å². The second-order valence-electron chi connectivity index (χ2n) is 6.43. The van der Waals surface area contributed by atoms with Gasteiger partial charge < -0.3 is 4.74 Å². The van der Waals surface area contributed by atoms with Crippen molar-refractivity contribution in [2.24, 2.45) is 0 Å². The van der Waals surface area contributed by atoms with Crippen molar-refractivity contribution in [2.45, 2.75) is 18.4 Å². The lowest BCUT2D eigenvalue weighted by Crippen LogP contribution is -2.31. The number of hydrogen-bond donors (Lipinski definition) is 0. The average Bonchev–Trinajstić information content (AvgIpc) is 2.72. The number of anilines is 1. The highest BCUT2D eigenvalue weighted by Gasteiger charge is 2.30. The Bertz CT molecular complexity index is 1130. The second kappa shape index (κ2) is 8.32. The quantitative estimate of drug-likeness (QED) is 0.426. The van der Waals surface area contributed by atoms with Crippen molar-refractivity contribution in [3.63, 3.8) is 0 Å². The van der Waals surface area contributed by atoms with E-state index in [4.69, 9.17) is 4.74 Å². The molecule has 150 valence electrons. The van der Waals surface area contributed by atoms with E-state index in [1.165, 1.54) is 23.5 Å². The third-order valence-electron chi connectivity index (χ3n) is 4.38. The fourth-order valence-corrected chi connectivity index (χ4v) is 4.57. The van der Waals surface area contributed by atoms with Gasteiger partial charge in [0.2, 0.25) is 0 Å². The number of aryl methyl sites for hydroxylation is 1. The van der Waals surface area contributed by atoms with Gasteiger partial charge >= 0.3 is 0 Å². The molecule has 0 aromatic heterocycles. The molecule has 0 radical (unpaired) electrons. The Morgan fingerprint density at radius 2 is 1.72 bits per heavy atom. The highest BCUT2D eigenvalue weighted by Crippen LogP contribution is 2.34. The van der Waals surface area contributed by atoms with Gasteiger partial charge in [-0.3, -0.25) is 14.4 Å². The summed E-state index contributed by atoms with van der Waals surface area (Å²) < 4.78 is 33.7. The van der Waals surface area contributed by atoms with Crippen LogP contribution in [0.15, 0.2) is 77.7 Å². The molecule has 0 saturated heterocycles. The Hall–Kier alpha value is -3.39. The van der Waals surface area contributed by atoms with Crippen LogP contribution in [0.5, 0.6) is 5.75 Å². The van der Waals surface area contributed by atoms with E-state index in [2.05, 4.69) is 0 Å². The third-order valence-corrected chi connectivity index (χ3v) is 6.18. The molecule has 0 aliphatic carbocycles. The predicted octanol–water partition coefficient (Wildman–Crippen LogP) is 4.31. The van der Waals surface area contributed by atoms with Crippen LogP contribution >= 0.6 is 0 Å². The van der Waals surface area contributed by atoms with Crippen LogP contribution in [0, 0.1) is 17.0 Å². The molecule has 3 aromatic carbocycles. The summed E-state index contributed by atoms with van der Waals surface area (Å²) in [5.41, 5.74) is 1.81. The maximum Gasteiger partial charge on any atom is 0.271 e. The van der Waals surface area contributed by atoms with Gasteiger partial charge in [-0.2, -0.15) is 0 Å². The van der Waals surface area contributed by atoms with Crippen molar-refractivity contribution in [1.29, 1.82) is 0 Å². The van der Waals surface area contributed by atoms with Crippen molar-refractivity contribution >= 4 is 21.4 Å². The zero-order valence-corrected chi connectivity index (χ0v) is 16.8. The minimum atomic E-state index is -4.16. The molecule has 0 amide bonds. The van der Waals surface area contributed by atoms with Crippen molar-refractivity contribution in [1.82, 2.24) is 0 Å². The van der Waals surface area contributed by atoms with Crippen LogP contribution in [0.3, 0.4) is 0 Å². The molecule has 0 N–H and O–H groups in total. The molecule has 0 spiro atoms. The molecule has 0 fully saturated rings. The fraction of sp³-hybridized carbons (Fsp3) is 0.143. The standard InChI is InChI=1S/C21H20N2O5S/c1-16-7-6-10-18(13-16)22(15-17-8-4-3-5-9-17)29(26,27)21-14-19(23(24)25)11-12-20(21)28-2/h3-14H,15H2,1-2H3. The number of nitrogens with zero attached hydrogens (tertiary/aromatic N) is 2. The predicted molar refractivity (Wildman–Crippen MR) is 111 cm³/mol. The Morgan fingerprint density at radius 3 is 2.34 bits per heavy atom. The highest BCUT2D eigenvalue weighted by molar-refractivity contribution is 7.93. The number of ether oxygens (including phenoxy) is 1. The lowest BCUT2D eigenvalue weighted by Gasteiger charge is -2.25. The van der Waals surface area contributed by atoms with Crippen LogP contribution < -0.4 is 9.04 Å². The van der Waals surface area contributed by atoms with Gasteiger partial charge in [0.25, 0.3) is 15.7 Å². The summed E-state index contributed by atoms with van der Waals surface area (Å²) in [5, 5.41) is 11.2. The first-order valence-electron chi connectivity index (χ1n) is 8.78. The SMILES string of the molecule is COc1ccc([N+](=O)[O-])cc1S(=O)(=O)N(Cc1ccccc1)c1cccc(C)c1. The number of nitro benzene ring substituents is 1. The van der Waals surface area contributed by atoms with Crippen LogP contribution in [-0.4, -0.2) is 20.5 Å². The number of sulfonamides is 1. The molecular weight excluding hydrogens is 392 g/mol. The van der Waals surface area contributed by atoms with Crippen LogP contribution in [0.1, 0.15) is 11.1 Å². The zero-order chi connectivity index (χ0) is 21.0. The summed E-state index contributed by atoms with van der Waals surface area (Å²) >= 11 is 0. The molecule has 0 bridgehead atoms. The average molecular weight is 412 g/mol. The molecule has 8 heteroatoms. The Labute approximate surface area is 169 Å². The van der Waals surface area contributed by atoms with E-state index >= 15 is 0 Å². The van der Waals surface area contributed by atoms with E-state index in [-0.39, 0.29) is 22.9 Å². The topological polar surface area (TPSA) is 89.7 Å². The molecular formula is C21H20N2O5S. The zero-order valence-electron chi connectivity index (χ0n) is 16.0. The lowest BCUT2D eigenvalue weighted by atomic mass is 10.2. The van der Waals surface area contributed by atoms with Gasteiger partial charge in [0.05, 0.1) is 24.3 Å². The monoisotopic (exact) mass is 412 g/mol. The smallest absolute Gasteiger partial charge is 0.271 e. The van der Waals surface area contributed by atoms with E-state index < -0.39 is 14.9 Å². The van der Waals surface area contributed by atoms with Crippen molar-refractivity contribution in [3.05, 3.63) is 94.0 Å². The van der Waals surface area contributed by atoms with Gasteiger partial charge in [-0.1, -0.05) is 42.5 Å². The van der Waals surface area contributed by atoms with Gasteiger partial charge in [-0.15, -0.1) is 0 Å². The summed E-state index contributed by atoms with van der Waals surface area (Å²) in [5.74, 6) is 0.0429. The van der Waals surface area contributed by atoms with E-state index in [9.17, 15) is 18.5 Å². The summed E-state index contributed by atoms with van der Waals surface area (Å²) in [7, 11) is -2.84. The van der Waals surface area contributed by atoms with Crippen molar-refractivity contribution in [2.75, 3.05) is 11.4 Å². The number of non-ortho nitro benzene ring substituents is 1. The minimum absolute atomic E-state index is 0.0429. The molecule has 29 heavy (non-hydrogen) atoms. The number of rotatable bonds is 7. The third kappa shape index (κ3) is 4.38. The summed E-state index contributed by atoms with van der Waals surface area (Å²) in [6.45, 7) is 1.93. The molecule has 7 nitrogen and oxygen atoms in total. The summed E-state index contributed by atoms with van der Waals surface area (Å²) in [6, 6.07) is 19.8. The van der Waals surface area contributed by atoms with E-state index in [0.717, 1.165) is 17.2 Å².